The summed E-state index contributed by atoms with van der Waals surface area (Å²) in [6.45, 7) is 2.54. The van der Waals surface area contributed by atoms with Crippen LogP contribution in [0.3, 0.4) is 0 Å². The topological polar surface area (TPSA) is 99.4 Å². The van der Waals surface area contributed by atoms with Crippen LogP contribution >= 0.6 is 0 Å². The lowest BCUT2D eigenvalue weighted by Gasteiger charge is -2.33. The average molecular weight is 525 g/mol. The summed E-state index contributed by atoms with van der Waals surface area (Å²) >= 11 is 0. The first-order valence-corrected chi connectivity index (χ1v) is 11.3. The van der Waals surface area contributed by atoms with Gasteiger partial charge in [0.25, 0.3) is 0 Å². The molecule has 1 aromatic carbocycles. The number of nitrogens with one attached hydrogen (secondary N) is 3. The van der Waals surface area contributed by atoms with Gasteiger partial charge >= 0.3 is 19.2 Å². The third-order valence-electron chi connectivity index (χ3n) is 6.31. The molecule has 2 aliphatic rings. The van der Waals surface area contributed by atoms with Crippen LogP contribution in [0.25, 0.3) is 11.0 Å². The molecule has 0 aliphatic carbocycles. The number of fused-ring (bicyclic) bond motifs is 2. The summed E-state index contributed by atoms with van der Waals surface area (Å²) in [5.74, 6) is 0.296. The Morgan fingerprint density at radius 3 is 2.65 bits per heavy atom. The fraction of sp³-hybridized carbons (Fsp3) is 0.500. The second-order valence-corrected chi connectivity index (χ2v) is 9.34. The molecule has 2 atom stereocenters. The van der Waals surface area contributed by atoms with Crippen LogP contribution < -0.4 is 10.6 Å². The van der Waals surface area contributed by atoms with Crippen molar-refractivity contribution in [3.8, 4) is 0 Å². The largest absolute Gasteiger partial charge is 0.416 e. The SMILES string of the molecule is C=CC(=O)NC.[B]C12NC(=O)N(Cc3ccc4nc(CCOC(C)(C)C(F)(F)F)[nH]c4c3)CC1(F)B2F. The number of alkyl halides is 4. The number of hydrogen-bond donors (Lipinski definition) is 3. The van der Waals surface area contributed by atoms with Gasteiger partial charge in [-0.05, 0) is 37.6 Å². The zero-order valence-electron chi connectivity index (χ0n) is 20.5. The summed E-state index contributed by atoms with van der Waals surface area (Å²) in [6, 6.07) is 4.37. The molecule has 2 saturated heterocycles. The van der Waals surface area contributed by atoms with Gasteiger partial charge in [0.05, 0.1) is 24.2 Å². The van der Waals surface area contributed by atoms with Crippen molar-refractivity contribution in [1.29, 1.82) is 0 Å². The smallest absolute Gasteiger partial charge is 0.366 e. The molecule has 198 valence electrons. The number of hydrogen-bond acceptors (Lipinski definition) is 4. The molecule has 2 aromatic rings. The second kappa shape index (κ2) is 9.99. The summed E-state index contributed by atoms with van der Waals surface area (Å²) in [6.07, 6.45) is -3.13. The van der Waals surface area contributed by atoms with E-state index in [0.717, 1.165) is 18.7 Å². The Hall–Kier alpha value is -3.09. The van der Waals surface area contributed by atoms with Gasteiger partial charge in [0.15, 0.2) is 11.2 Å². The number of rotatable bonds is 7. The number of halogens is 5. The van der Waals surface area contributed by atoms with E-state index in [1.807, 2.05) is 0 Å². The van der Waals surface area contributed by atoms with Crippen LogP contribution in [0.15, 0.2) is 30.9 Å². The molecule has 37 heavy (non-hydrogen) atoms. The quantitative estimate of drug-likeness (QED) is 0.294. The molecule has 0 saturated carbocycles. The molecule has 2 unspecified atom stereocenters. The maximum Gasteiger partial charge on any atom is 0.416 e. The van der Waals surface area contributed by atoms with Gasteiger partial charge in [0.1, 0.15) is 13.7 Å². The van der Waals surface area contributed by atoms with E-state index in [4.69, 9.17) is 12.6 Å². The fourth-order valence-corrected chi connectivity index (χ4v) is 3.72. The van der Waals surface area contributed by atoms with Crippen molar-refractivity contribution in [2.45, 2.75) is 49.5 Å². The molecule has 0 spiro atoms. The number of ether oxygens (including phenoxy) is 1. The third-order valence-corrected chi connectivity index (χ3v) is 6.31. The minimum atomic E-state index is -4.49. The molecule has 3 amide bonds. The van der Waals surface area contributed by atoms with E-state index in [9.17, 15) is 31.5 Å². The molecule has 8 nitrogen and oxygen atoms in total. The van der Waals surface area contributed by atoms with Crippen LogP contribution in [-0.2, 0) is 22.5 Å². The molecule has 2 fully saturated rings. The molecule has 1 aromatic heterocycles. The minimum absolute atomic E-state index is 0.0213. The maximum absolute atomic E-state index is 14.5. The summed E-state index contributed by atoms with van der Waals surface area (Å²) in [5, 5.41) is 2.57. The number of aromatic nitrogens is 2. The van der Waals surface area contributed by atoms with Crippen LogP contribution in [0.4, 0.5) is 26.7 Å². The Morgan fingerprint density at radius 2 is 2.08 bits per heavy atom. The van der Waals surface area contributed by atoms with E-state index in [1.165, 1.54) is 6.08 Å². The molecular formula is C22H26B2F5N5O3. The van der Waals surface area contributed by atoms with E-state index >= 15 is 0 Å². The highest BCUT2D eigenvalue weighted by molar-refractivity contribution is 6.83. The van der Waals surface area contributed by atoms with Crippen LogP contribution in [0.1, 0.15) is 25.2 Å². The number of H-pyrrole nitrogens is 1. The molecule has 0 bridgehead atoms. The standard InChI is InChI=1S/C18H19B2F5N4O2.C4H7NO/c1-15(2,18(22,23)24)31-6-5-13-26-11-4-3-10(7-12(11)27-13)8-29-9-16(21)17(19,20(16)25)28-14(29)30;1-3-4(6)5-2/h3-4,7H,5-6,8-9H2,1-2H3,(H,26,27)(H,28,30);3H,1H2,2H3,(H,5,6). The molecule has 2 radical (unpaired) electrons. The Balaban J connectivity index is 0.000000568. The van der Waals surface area contributed by atoms with Crippen molar-refractivity contribution in [2.75, 3.05) is 20.2 Å². The lowest BCUT2D eigenvalue weighted by atomic mass is 9.75. The lowest BCUT2D eigenvalue weighted by molar-refractivity contribution is -0.263. The third kappa shape index (κ3) is 5.60. The van der Waals surface area contributed by atoms with E-state index in [2.05, 4.69) is 27.2 Å². The van der Waals surface area contributed by atoms with Crippen LogP contribution in [0.5, 0.6) is 0 Å². The first kappa shape index (κ1) is 28.5. The van der Waals surface area contributed by atoms with Gasteiger partial charge in [-0.2, -0.15) is 13.2 Å². The minimum Gasteiger partial charge on any atom is -0.366 e. The highest BCUT2D eigenvalue weighted by atomic mass is 19.4. The number of carbonyl (C=O) groups is 2. The predicted octanol–water partition coefficient (Wildman–Crippen LogP) is 2.53. The Bertz CT molecular complexity index is 1190. The Morgan fingerprint density at radius 1 is 1.41 bits per heavy atom. The van der Waals surface area contributed by atoms with Gasteiger partial charge in [0.2, 0.25) is 5.91 Å². The zero-order valence-corrected chi connectivity index (χ0v) is 20.5. The van der Waals surface area contributed by atoms with Crippen molar-refractivity contribution >= 4 is 37.8 Å². The molecule has 3 heterocycles. The summed E-state index contributed by atoms with van der Waals surface area (Å²) < 4.78 is 71.8. The van der Waals surface area contributed by atoms with Gasteiger partial charge < -0.3 is 29.6 Å². The fourth-order valence-electron chi connectivity index (χ4n) is 3.72. The van der Waals surface area contributed by atoms with Gasteiger partial charge in [0, 0.05) is 25.4 Å². The molecule has 3 N–H and O–H groups in total. The summed E-state index contributed by atoms with van der Waals surface area (Å²) in [4.78, 5) is 30.6. The van der Waals surface area contributed by atoms with E-state index in [-0.39, 0.29) is 25.5 Å². The maximum atomic E-state index is 14.5. The number of benzene rings is 1. The Labute approximate surface area is 211 Å². The van der Waals surface area contributed by atoms with Gasteiger partial charge in [-0.25, -0.2) is 14.2 Å². The normalized spacial score (nSPS) is 23.1. The number of likely N-dealkylation sites (N-methyl/N-ethyl adjacent to an activating group) is 1. The highest BCUT2D eigenvalue weighted by Crippen LogP contribution is 2.51. The molecule has 2 aliphatic heterocycles. The van der Waals surface area contributed by atoms with E-state index in [1.54, 1.807) is 25.2 Å². The van der Waals surface area contributed by atoms with Gasteiger partial charge in [-0.1, -0.05) is 12.6 Å². The van der Waals surface area contributed by atoms with Crippen LogP contribution in [-0.4, -0.2) is 84.5 Å². The number of imidazole rings is 1. The Kier molecular flexibility index (Phi) is 7.69. The second-order valence-electron chi connectivity index (χ2n) is 9.34. The number of nitrogens with zero attached hydrogens (tertiary/aromatic N) is 2. The first-order valence-electron chi connectivity index (χ1n) is 11.3. The van der Waals surface area contributed by atoms with E-state index < -0.39 is 42.2 Å². The van der Waals surface area contributed by atoms with Crippen molar-refractivity contribution in [3.05, 3.63) is 42.2 Å². The van der Waals surface area contributed by atoms with Crippen LogP contribution in [0, 0.1) is 0 Å². The predicted molar refractivity (Wildman–Crippen MR) is 128 cm³/mol. The number of amides is 3. The summed E-state index contributed by atoms with van der Waals surface area (Å²) in [7, 11) is 7.11. The summed E-state index contributed by atoms with van der Waals surface area (Å²) in [5.41, 5.74) is -2.78. The highest BCUT2D eigenvalue weighted by Gasteiger charge is 2.83. The van der Waals surface area contributed by atoms with Gasteiger partial charge in [-0.15, -0.1) is 0 Å². The van der Waals surface area contributed by atoms with Gasteiger partial charge in [-0.3, -0.25) is 4.79 Å². The average Bonchev–Trinajstić information content (AvgIpc) is 3.10. The zero-order chi connectivity index (χ0) is 27.8. The number of carbonyl (C=O) groups excluding carboxylic acids is 2. The molecule has 4 rings (SSSR count). The van der Waals surface area contributed by atoms with Crippen molar-refractivity contribution in [1.82, 2.24) is 25.5 Å². The van der Waals surface area contributed by atoms with Crippen molar-refractivity contribution in [2.24, 2.45) is 0 Å². The number of urea groups is 1. The van der Waals surface area contributed by atoms with E-state index in [0.29, 0.717) is 22.4 Å². The van der Waals surface area contributed by atoms with Crippen molar-refractivity contribution < 1.29 is 36.2 Å². The monoisotopic (exact) mass is 525 g/mol. The number of aromatic amines is 1. The first-order chi connectivity index (χ1) is 17.1. The lowest BCUT2D eigenvalue weighted by Crippen LogP contribution is -2.58. The molecular weight excluding hydrogens is 499 g/mol. The van der Waals surface area contributed by atoms with Crippen LogP contribution in [0.2, 0.25) is 0 Å². The molecule has 15 heteroatoms. The van der Waals surface area contributed by atoms with Crippen molar-refractivity contribution in [3.63, 3.8) is 0 Å².